The number of para-hydroxylation sites is 2. The summed E-state index contributed by atoms with van der Waals surface area (Å²) in [5.74, 6) is -0.853. The van der Waals surface area contributed by atoms with Gasteiger partial charge in [-0.15, -0.1) is 0 Å². The first kappa shape index (κ1) is 17.9. The van der Waals surface area contributed by atoms with Crippen LogP contribution in [0, 0.1) is 18.7 Å². The van der Waals surface area contributed by atoms with Crippen LogP contribution in [0.25, 0.3) is 0 Å². The Kier molecular flexibility index (Phi) is 4.93. The lowest BCUT2D eigenvalue weighted by molar-refractivity contribution is -0.124. The van der Waals surface area contributed by atoms with E-state index in [2.05, 4.69) is 0 Å². The number of anilines is 2. The Labute approximate surface area is 152 Å². The topological polar surface area (TPSA) is 49.9 Å². The first-order valence-electron chi connectivity index (χ1n) is 8.39. The average molecular weight is 356 g/mol. The van der Waals surface area contributed by atoms with E-state index in [-0.39, 0.29) is 30.5 Å². The zero-order chi connectivity index (χ0) is 18.8. The van der Waals surface area contributed by atoms with Gasteiger partial charge in [-0.3, -0.25) is 9.59 Å². The smallest absolute Gasteiger partial charge is 0.232 e. The molecule has 2 amide bonds. The molecule has 0 spiro atoms. The third-order valence-electron chi connectivity index (χ3n) is 4.65. The van der Waals surface area contributed by atoms with Gasteiger partial charge in [-0.1, -0.05) is 18.2 Å². The van der Waals surface area contributed by atoms with Crippen LogP contribution in [0.4, 0.5) is 15.8 Å². The van der Waals surface area contributed by atoms with Gasteiger partial charge < -0.3 is 14.5 Å². The Morgan fingerprint density at radius 1 is 1.27 bits per heavy atom. The molecule has 0 aliphatic carbocycles. The van der Waals surface area contributed by atoms with E-state index in [1.165, 1.54) is 23.0 Å². The molecule has 6 heteroatoms. The van der Waals surface area contributed by atoms with Crippen LogP contribution < -0.4 is 14.5 Å². The van der Waals surface area contributed by atoms with Crippen LogP contribution in [-0.2, 0) is 9.59 Å². The van der Waals surface area contributed by atoms with Crippen molar-refractivity contribution in [2.45, 2.75) is 13.3 Å². The SMILES string of the molecule is COc1ccccc1N(C)C(=O)C1CC(=O)N(c2ccc(C)cc2F)C1. The van der Waals surface area contributed by atoms with Gasteiger partial charge in [-0.05, 0) is 36.8 Å². The standard InChI is InChI=1S/C20H21FN2O3/c1-13-8-9-16(15(21)10-13)23-12-14(11-19(23)24)20(25)22(2)17-6-4-5-7-18(17)26-3/h4-10,14H,11-12H2,1-3H3. The van der Waals surface area contributed by atoms with E-state index >= 15 is 0 Å². The summed E-state index contributed by atoms with van der Waals surface area (Å²) in [5, 5.41) is 0. The molecule has 1 atom stereocenters. The molecular weight excluding hydrogens is 335 g/mol. The fourth-order valence-corrected chi connectivity index (χ4v) is 3.24. The lowest BCUT2D eigenvalue weighted by Crippen LogP contribution is -2.35. The number of benzene rings is 2. The van der Waals surface area contributed by atoms with Crippen molar-refractivity contribution in [3.63, 3.8) is 0 Å². The average Bonchev–Trinajstić information content (AvgIpc) is 3.02. The Balaban J connectivity index is 1.80. The Morgan fingerprint density at radius 2 is 2.00 bits per heavy atom. The number of ether oxygens (including phenoxy) is 1. The summed E-state index contributed by atoms with van der Waals surface area (Å²) < 4.78 is 19.5. The molecule has 1 aliphatic rings. The Morgan fingerprint density at radius 3 is 2.69 bits per heavy atom. The summed E-state index contributed by atoms with van der Waals surface area (Å²) in [6.45, 7) is 1.95. The molecule has 2 aromatic rings. The third-order valence-corrected chi connectivity index (χ3v) is 4.65. The molecule has 1 heterocycles. The second-order valence-electron chi connectivity index (χ2n) is 6.43. The lowest BCUT2D eigenvalue weighted by Gasteiger charge is -2.23. The van der Waals surface area contributed by atoms with E-state index in [4.69, 9.17) is 4.74 Å². The molecule has 1 unspecified atom stereocenters. The third kappa shape index (κ3) is 3.27. The maximum Gasteiger partial charge on any atom is 0.232 e. The number of rotatable bonds is 4. The van der Waals surface area contributed by atoms with Gasteiger partial charge in [0.25, 0.3) is 0 Å². The normalized spacial score (nSPS) is 16.7. The summed E-state index contributed by atoms with van der Waals surface area (Å²) in [5.41, 5.74) is 1.63. The molecule has 1 aliphatic heterocycles. The number of hydrogen-bond acceptors (Lipinski definition) is 3. The van der Waals surface area contributed by atoms with Gasteiger partial charge in [0.1, 0.15) is 11.6 Å². The predicted octanol–water partition coefficient (Wildman–Crippen LogP) is 3.16. The first-order valence-corrected chi connectivity index (χ1v) is 8.39. The van der Waals surface area contributed by atoms with Crippen molar-refractivity contribution in [3.05, 3.63) is 53.8 Å². The second-order valence-corrected chi connectivity index (χ2v) is 6.43. The molecule has 1 saturated heterocycles. The van der Waals surface area contributed by atoms with E-state index in [1.54, 1.807) is 38.2 Å². The van der Waals surface area contributed by atoms with E-state index in [1.807, 2.05) is 12.1 Å². The van der Waals surface area contributed by atoms with Crippen molar-refractivity contribution < 1.29 is 18.7 Å². The van der Waals surface area contributed by atoms with Crippen LogP contribution in [0.15, 0.2) is 42.5 Å². The molecule has 0 aromatic heterocycles. The number of carbonyl (C=O) groups excluding carboxylic acids is 2. The molecule has 1 fully saturated rings. The molecule has 0 saturated carbocycles. The van der Waals surface area contributed by atoms with Crippen LogP contribution >= 0.6 is 0 Å². The van der Waals surface area contributed by atoms with Crippen LogP contribution in [0.3, 0.4) is 0 Å². The van der Waals surface area contributed by atoms with E-state index in [0.717, 1.165) is 5.56 Å². The maximum absolute atomic E-state index is 14.2. The molecule has 2 aromatic carbocycles. The number of nitrogens with zero attached hydrogens (tertiary/aromatic N) is 2. The van der Waals surface area contributed by atoms with Gasteiger partial charge in [-0.25, -0.2) is 4.39 Å². The van der Waals surface area contributed by atoms with E-state index < -0.39 is 11.7 Å². The number of hydrogen-bond donors (Lipinski definition) is 0. The highest BCUT2D eigenvalue weighted by atomic mass is 19.1. The van der Waals surface area contributed by atoms with Crippen molar-refractivity contribution in [2.75, 3.05) is 30.5 Å². The summed E-state index contributed by atoms with van der Waals surface area (Å²) >= 11 is 0. The van der Waals surface area contributed by atoms with Gasteiger partial charge >= 0.3 is 0 Å². The molecule has 26 heavy (non-hydrogen) atoms. The Hall–Kier alpha value is -2.89. The minimum absolute atomic E-state index is 0.0611. The number of carbonyl (C=O) groups is 2. The molecule has 0 N–H and O–H groups in total. The number of amides is 2. The summed E-state index contributed by atoms with van der Waals surface area (Å²) in [4.78, 5) is 28.1. The van der Waals surface area contributed by atoms with Crippen LogP contribution in [0.1, 0.15) is 12.0 Å². The van der Waals surface area contributed by atoms with E-state index in [9.17, 15) is 14.0 Å². The molecule has 136 valence electrons. The highest BCUT2D eigenvalue weighted by Crippen LogP contribution is 2.32. The number of aryl methyl sites for hydroxylation is 1. The highest BCUT2D eigenvalue weighted by molar-refractivity contribution is 6.04. The van der Waals surface area contributed by atoms with Crippen LogP contribution in [0.2, 0.25) is 0 Å². The summed E-state index contributed by atoms with van der Waals surface area (Å²) in [7, 11) is 3.19. The summed E-state index contributed by atoms with van der Waals surface area (Å²) in [6, 6.07) is 11.9. The quantitative estimate of drug-likeness (QED) is 0.846. The van der Waals surface area contributed by atoms with E-state index in [0.29, 0.717) is 11.4 Å². The molecule has 3 rings (SSSR count). The first-order chi connectivity index (χ1) is 12.4. The van der Waals surface area contributed by atoms with Crippen LogP contribution in [0.5, 0.6) is 5.75 Å². The lowest BCUT2D eigenvalue weighted by atomic mass is 10.1. The minimum Gasteiger partial charge on any atom is -0.495 e. The van der Waals surface area contributed by atoms with Gasteiger partial charge in [0, 0.05) is 20.0 Å². The number of halogens is 1. The van der Waals surface area contributed by atoms with Crippen LogP contribution in [-0.4, -0.2) is 32.5 Å². The fourth-order valence-electron chi connectivity index (χ4n) is 3.24. The minimum atomic E-state index is -0.530. The predicted molar refractivity (Wildman–Crippen MR) is 98.0 cm³/mol. The summed E-state index contributed by atoms with van der Waals surface area (Å²) in [6.07, 6.45) is 0.0611. The van der Waals surface area contributed by atoms with Crippen molar-refractivity contribution in [3.8, 4) is 5.75 Å². The molecule has 0 radical (unpaired) electrons. The zero-order valence-electron chi connectivity index (χ0n) is 15.0. The monoisotopic (exact) mass is 356 g/mol. The van der Waals surface area contributed by atoms with Gasteiger partial charge in [0.15, 0.2) is 0 Å². The highest BCUT2D eigenvalue weighted by Gasteiger charge is 2.38. The second kappa shape index (κ2) is 7.15. The maximum atomic E-state index is 14.2. The molecule has 0 bridgehead atoms. The van der Waals surface area contributed by atoms with Crippen molar-refractivity contribution in [1.82, 2.24) is 0 Å². The largest absolute Gasteiger partial charge is 0.495 e. The van der Waals surface area contributed by atoms with Gasteiger partial charge in [0.2, 0.25) is 11.8 Å². The molecular formula is C20H21FN2O3. The number of methoxy groups -OCH3 is 1. The van der Waals surface area contributed by atoms with Gasteiger partial charge in [0.05, 0.1) is 24.4 Å². The van der Waals surface area contributed by atoms with Gasteiger partial charge in [-0.2, -0.15) is 0 Å². The zero-order valence-corrected chi connectivity index (χ0v) is 15.0. The molecule has 5 nitrogen and oxygen atoms in total. The Bertz CT molecular complexity index is 853. The fraction of sp³-hybridized carbons (Fsp3) is 0.300. The van der Waals surface area contributed by atoms with Crippen molar-refractivity contribution >= 4 is 23.2 Å². The van der Waals surface area contributed by atoms with Crippen molar-refractivity contribution in [2.24, 2.45) is 5.92 Å². The van der Waals surface area contributed by atoms with Crippen molar-refractivity contribution in [1.29, 1.82) is 0 Å².